The molecule has 4 N–H and O–H groups in total. The number of rotatable bonds is 48. The Bertz CT molecular complexity index is 3010. The molecule has 104 heavy (non-hydrogen) atoms. The first-order valence-corrected chi connectivity index (χ1v) is 36.6. The summed E-state index contributed by atoms with van der Waals surface area (Å²) >= 11 is 0. The molecule has 0 aliphatic rings. The Morgan fingerprint density at radius 3 is 0.462 bits per heavy atom. The van der Waals surface area contributed by atoms with Gasteiger partial charge in [0.1, 0.15) is 49.4 Å². The summed E-state index contributed by atoms with van der Waals surface area (Å²) in [5, 5.41) is 12.5. The van der Waals surface area contributed by atoms with E-state index < -0.39 is 0 Å². The molecule has 0 saturated heterocycles. The normalized spacial score (nSPS) is 11.0. The molecule has 8 aromatic carbocycles. The van der Waals surface area contributed by atoms with E-state index in [0.717, 1.165) is 120 Å². The molecule has 0 radical (unpaired) electrons. The topological polar surface area (TPSA) is 159 Å². The number of hydrogen-bond acceptors (Lipinski definition) is 16. The molecule has 560 valence electrons. The summed E-state index contributed by atoms with van der Waals surface area (Å²) in [6.07, 6.45) is 20.9. The third kappa shape index (κ3) is 40.6. The minimum Gasteiger partial charge on any atom is -0.491 e. The van der Waals surface area contributed by atoms with Crippen LogP contribution in [0, 0.1) is 0 Å². The molecule has 0 heterocycles. The van der Waals surface area contributed by atoms with Gasteiger partial charge < -0.3 is 78.1 Å². The molecular weight excluding hydrogens is 1300 g/mol. The van der Waals surface area contributed by atoms with Crippen molar-refractivity contribution in [3.05, 3.63) is 239 Å². The van der Waals surface area contributed by atoms with Crippen LogP contribution < -0.4 is 40.2 Å². The first-order chi connectivity index (χ1) is 51.3. The second-order valence-electron chi connectivity index (χ2n) is 23.4. The molecule has 0 saturated carbocycles. The maximum absolute atomic E-state index is 5.68. The average molecular weight is 1420 g/mol. The summed E-state index contributed by atoms with van der Waals surface area (Å²) in [4.78, 5) is 0. The molecule has 0 fully saturated rings. The second kappa shape index (κ2) is 57.2. The van der Waals surface area contributed by atoms with Gasteiger partial charge in [0.05, 0.1) is 79.3 Å². The van der Waals surface area contributed by atoms with Gasteiger partial charge in [0, 0.05) is 77.4 Å². The molecule has 0 amide bonds. The quantitative estimate of drug-likeness (QED) is 0.0211. The number of ether oxygens (including phenoxy) is 12. The molecule has 8 aromatic rings. The Hall–Kier alpha value is -9.20. The van der Waals surface area contributed by atoms with Crippen molar-refractivity contribution < 1.29 is 56.8 Å². The lowest BCUT2D eigenvalue weighted by atomic mass is 10.1. The van der Waals surface area contributed by atoms with E-state index in [1.807, 2.05) is 125 Å². The summed E-state index contributed by atoms with van der Waals surface area (Å²) in [6.45, 7) is 21.0. The number of hydrogen-bond donors (Lipinski definition) is 4. The highest BCUT2D eigenvalue weighted by atomic mass is 16.6. The van der Waals surface area contributed by atoms with E-state index in [1.165, 1.54) is 22.3 Å². The summed E-state index contributed by atoms with van der Waals surface area (Å²) in [5.74, 6) is 3.41. The zero-order valence-corrected chi connectivity index (χ0v) is 63.0. The van der Waals surface area contributed by atoms with Crippen molar-refractivity contribution in [1.82, 2.24) is 0 Å². The third-order valence-corrected chi connectivity index (χ3v) is 15.1. The van der Waals surface area contributed by atoms with Crippen molar-refractivity contribution in [2.24, 2.45) is 0 Å². The monoisotopic (exact) mass is 1420 g/mol. The lowest BCUT2D eigenvalue weighted by Crippen LogP contribution is -2.11. The van der Waals surface area contributed by atoms with Crippen LogP contribution in [0.3, 0.4) is 0 Å². The molecular formula is C88H116N4O12. The number of nitrogens with one attached hydrogen (secondary N) is 4. The van der Waals surface area contributed by atoms with Crippen molar-refractivity contribution in [2.75, 3.05) is 182 Å². The van der Waals surface area contributed by atoms with E-state index in [9.17, 15) is 0 Å². The van der Waals surface area contributed by atoms with Crippen molar-refractivity contribution in [1.29, 1.82) is 0 Å². The lowest BCUT2D eigenvalue weighted by molar-refractivity contribution is 0.0366. The molecule has 0 atom stereocenters. The Balaban J connectivity index is 0.000000249. The van der Waals surface area contributed by atoms with Gasteiger partial charge in [-0.15, -0.1) is 0 Å². The number of benzene rings is 8. The number of anilines is 4. The smallest absolute Gasteiger partial charge is 0.119 e. The van der Waals surface area contributed by atoms with E-state index in [-0.39, 0.29) is 0 Å². The highest BCUT2D eigenvalue weighted by molar-refractivity contribution is 5.73. The SMILES string of the molecule is CCCOCCOCCOc1ccc(/C=C/c2ccc(NC)cc2)cc1.CCCOCCOCCOc1ccc(/C=C/c2ccc(NC)cc2)cc1.CCCOCCOCCOc1ccc(/C=C/c2ccc(NC)cc2)cc1.CCCOCCOCCOc1ccc(/C=C/c2ccc(NC)cc2)cc1. The van der Waals surface area contributed by atoms with Gasteiger partial charge >= 0.3 is 0 Å². The van der Waals surface area contributed by atoms with Crippen LogP contribution in [0.5, 0.6) is 23.0 Å². The van der Waals surface area contributed by atoms with Crippen LogP contribution >= 0.6 is 0 Å². The Labute approximate surface area is 621 Å². The minimum absolute atomic E-state index is 0.542. The van der Waals surface area contributed by atoms with Crippen LogP contribution in [0.15, 0.2) is 194 Å². The summed E-state index contributed by atoms with van der Waals surface area (Å²) < 4.78 is 66.0. The molecule has 0 aliphatic heterocycles. The Morgan fingerprint density at radius 2 is 0.317 bits per heavy atom. The maximum Gasteiger partial charge on any atom is 0.119 e. The van der Waals surface area contributed by atoms with Gasteiger partial charge in [-0.05, 0) is 167 Å². The zero-order chi connectivity index (χ0) is 73.8. The lowest BCUT2D eigenvalue weighted by Gasteiger charge is -2.07. The molecule has 0 aliphatic carbocycles. The molecule has 16 heteroatoms. The van der Waals surface area contributed by atoms with E-state index in [0.29, 0.717) is 106 Å². The van der Waals surface area contributed by atoms with Crippen molar-refractivity contribution in [3.63, 3.8) is 0 Å². The van der Waals surface area contributed by atoms with Gasteiger partial charge in [-0.3, -0.25) is 0 Å². The molecule has 0 aromatic heterocycles. The summed E-state index contributed by atoms with van der Waals surface area (Å²) in [7, 11) is 7.68. The Morgan fingerprint density at radius 1 is 0.183 bits per heavy atom. The van der Waals surface area contributed by atoms with E-state index in [1.54, 1.807) is 0 Å². The molecule has 16 nitrogen and oxygen atoms in total. The maximum atomic E-state index is 5.68. The zero-order valence-electron chi connectivity index (χ0n) is 63.0. The largest absolute Gasteiger partial charge is 0.491 e. The first kappa shape index (κ1) is 85.4. The Kier molecular flexibility index (Phi) is 47.0. The highest BCUT2D eigenvalue weighted by Crippen LogP contribution is 2.21. The van der Waals surface area contributed by atoms with Crippen LogP contribution in [-0.2, 0) is 37.9 Å². The van der Waals surface area contributed by atoms with E-state index in [2.05, 4.69) is 195 Å². The van der Waals surface area contributed by atoms with Crippen LogP contribution in [0.25, 0.3) is 48.6 Å². The van der Waals surface area contributed by atoms with Crippen molar-refractivity contribution in [3.8, 4) is 23.0 Å². The van der Waals surface area contributed by atoms with Crippen molar-refractivity contribution >= 4 is 71.4 Å². The van der Waals surface area contributed by atoms with Crippen LogP contribution in [0.2, 0.25) is 0 Å². The fourth-order valence-corrected chi connectivity index (χ4v) is 9.25. The van der Waals surface area contributed by atoms with Gasteiger partial charge in [0.2, 0.25) is 0 Å². The van der Waals surface area contributed by atoms with Gasteiger partial charge in [-0.2, -0.15) is 0 Å². The van der Waals surface area contributed by atoms with Gasteiger partial charge in [-0.25, -0.2) is 0 Å². The first-order valence-electron chi connectivity index (χ1n) is 36.6. The predicted molar refractivity (Wildman–Crippen MR) is 435 cm³/mol. The van der Waals surface area contributed by atoms with E-state index in [4.69, 9.17) is 56.8 Å². The average Bonchev–Trinajstić information content (AvgIpc) is 0.998. The third-order valence-electron chi connectivity index (χ3n) is 15.1. The highest BCUT2D eigenvalue weighted by Gasteiger charge is 2.02. The summed E-state index contributed by atoms with van der Waals surface area (Å²) in [6, 6.07) is 65.5. The van der Waals surface area contributed by atoms with Gasteiger partial charge in [-0.1, -0.05) is 173 Å². The minimum atomic E-state index is 0.542. The fourth-order valence-electron chi connectivity index (χ4n) is 9.25. The van der Waals surface area contributed by atoms with Crippen molar-refractivity contribution in [2.45, 2.75) is 53.4 Å². The van der Waals surface area contributed by atoms with Crippen LogP contribution in [-0.4, -0.2) is 160 Å². The molecule has 0 spiro atoms. The fraction of sp³-hybridized carbons (Fsp3) is 0.364. The summed E-state index contributed by atoms with van der Waals surface area (Å²) in [5.41, 5.74) is 13.7. The molecule has 8 rings (SSSR count). The standard InChI is InChI=1S/4C22H29NO3/c4*1-3-14-24-15-16-25-17-18-26-22-12-8-20(9-13-22)5-4-19-6-10-21(23-2)11-7-19/h4*4-13,23H,3,14-18H2,1-2H3/b4*5-4+. The van der Waals surface area contributed by atoms with Crippen LogP contribution in [0.1, 0.15) is 97.9 Å². The predicted octanol–water partition coefficient (Wildman–Crippen LogP) is 18.9. The second-order valence-corrected chi connectivity index (χ2v) is 23.4. The van der Waals surface area contributed by atoms with Crippen LogP contribution in [0.4, 0.5) is 22.7 Å². The molecule has 0 bridgehead atoms. The van der Waals surface area contributed by atoms with Gasteiger partial charge in [0.15, 0.2) is 0 Å². The van der Waals surface area contributed by atoms with Gasteiger partial charge in [0.25, 0.3) is 0 Å². The van der Waals surface area contributed by atoms with E-state index >= 15 is 0 Å². The molecule has 0 unspecified atom stereocenters.